The number of likely N-dealkylation sites (tertiary alicyclic amines) is 1. The summed E-state index contributed by atoms with van der Waals surface area (Å²) in [5, 5.41) is 11.2. The second kappa shape index (κ2) is 10.2. The largest absolute Gasteiger partial charge is 0.507 e. The number of benzene rings is 2. The lowest BCUT2D eigenvalue weighted by Gasteiger charge is -2.25. The quantitative estimate of drug-likeness (QED) is 0.211. The number of hydrogen-bond donors (Lipinski definition) is 1. The number of carbonyl (C=O) groups is 2. The molecule has 1 amide bonds. The molecule has 2 heterocycles. The minimum Gasteiger partial charge on any atom is -0.507 e. The van der Waals surface area contributed by atoms with Gasteiger partial charge in [0.05, 0.1) is 38.6 Å². The van der Waals surface area contributed by atoms with Gasteiger partial charge in [0.15, 0.2) is 11.5 Å². The Labute approximate surface area is 202 Å². The summed E-state index contributed by atoms with van der Waals surface area (Å²) in [6, 6.07) is 14.2. The van der Waals surface area contributed by atoms with E-state index in [0.717, 1.165) is 0 Å². The maximum atomic E-state index is 13.2. The van der Waals surface area contributed by atoms with Gasteiger partial charge in [-0.1, -0.05) is 18.7 Å². The molecule has 2 aromatic carbocycles. The highest BCUT2D eigenvalue weighted by Crippen LogP contribution is 2.42. The van der Waals surface area contributed by atoms with Gasteiger partial charge in [-0.2, -0.15) is 0 Å². The van der Waals surface area contributed by atoms with Crippen molar-refractivity contribution in [3.05, 3.63) is 96.0 Å². The van der Waals surface area contributed by atoms with E-state index in [9.17, 15) is 14.7 Å². The number of methoxy groups -OCH3 is 2. The fourth-order valence-corrected chi connectivity index (χ4v) is 4.00. The van der Waals surface area contributed by atoms with Gasteiger partial charge in [0.2, 0.25) is 0 Å². The SMILES string of the molecule is C=CCOc1ccc(C(O)=C2C(=O)C(=O)N(Cc3ccco3)C2c2ccc(OC)c(OC)c2)cc1. The van der Waals surface area contributed by atoms with Crippen molar-refractivity contribution in [1.82, 2.24) is 4.90 Å². The number of furan rings is 1. The van der Waals surface area contributed by atoms with Crippen molar-refractivity contribution >= 4 is 17.4 Å². The number of aliphatic hydroxyl groups is 1. The summed E-state index contributed by atoms with van der Waals surface area (Å²) in [4.78, 5) is 27.7. The summed E-state index contributed by atoms with van der Waals surface area (Å²) in [7, 11) is 3.01. The van der Waals surface area contributed by atoms with Gasteiger partial charge in [-0.25, -0.2) is 0 Å². The molecule has 1 N–H and O–H groups in total. The molecule has 180 valence electrons. The van der Waals surface area contributed by atoms with Crippen LogP contribution in [0.25, 0.3) is 5.76 Å². The molecule has 1 saturated heterocycles. The molecule has 1 aromatic heterocycles. The first kappa shape index (κ1) is 23.7. The number of aliphatic hydroxyl groups excluding tert-OH is 1. The number of rotatable bonds is 9. The molecule has 3 aromatic rings. The van der Waals surface area contributed by atoms with E-state index < -0.39 is 17.7 Å². The Bertz CT molecular complexity index is 1260. The summed E-state index contributed by atoms with van der Waals surface area (Å²) < 4.78 is 21.7. The highest BCUT2D eigenvalue weighted by atomic mass is 16.5. The second-order valence-electron chi connectivity index (χ2n) is 7.74. The van der Waals surface area contributed by atoms with Crippen LogP contribution >= 0.6 is 0 Å². The van der Waals surface area contributed by atoms with Crippen LogP contribution in [0.15, 0.2) is 83.5 Å². The van der Waals surface area contributed by atoms with Gasteiger partial charge in [0, 0.05) is 5.56 Å². The average molecular weight is 475 g/mol. The lowest BCUT2D eigenvalue weighted by molar-refractivity contribution is -0.140. The third kappa shape index (κ3) is 4.63. The summed E-state index contributed by atoms with van der Waals surface area (Å²) in [5.41, 5.74) is 0.909. The van der Waals surface area contributed by atoms with Crippen LogP contribution in [0.5, 0.6) is 17.2 Å². The molecule has 0 saturated carbocycles. The summed E-state index contributed by atoms with van der Waals surface area (Å²) in [6.07, 6.45) is 3.12. The summed E-state index contributed by atoms with van der Waals surface area (Å²) >= 11 is 0. The van der Waals surface area contributed by atoms with E-state index in [4.69, 9.17) is 18.6 Å². The molecule has 0 bridgehead atoms. The predicted octanol–water partition coefficient (Wildman–Crippen LogP) is 4.48. The number of ketones is 1. The molecule has 8 heteroatoms. The minimum absolute atomic E-state index is 0.0338. The van der Waals surface area contributed by atoms with Crippen molar-refractivity contribution in [2.24, 2.45) is 0 Å². The van der Waals surface area contributed by atoms with Crippen LogP contribution in [0.1, 0.15) is 22.9 Å². The Morgan fingerprint density at radius 3 is 2.46 bits per heavy atom. The van der Waals surface area contributed by atoms with Crippen molar-refractivity contribution < 1.29 is 33.3 Å². The first-order chi connectivity index (χ1) is 17.0. The molecule has 35 heavy (non-hydrogen) atoms. The molecular weight excluding hydrogens is 450 g/mol. The molecule has 0 aliphatic carbocycles. The highest BCUT2D eigenvalue weighted by Gasteiger charge is 2.46. The van der Waals surface area contributed by atoms with E-state index in [1.807, 2.05) is 0 Å². The van der Waals surface area contributed by atoms with Gasteiger partial charge in [-0.05, 0) is 54.1 Å². The fraction of sp³-hybridized carbons (Fsp3) is 0.185. The van der Waals surface area contributed by atoms with Gasteiger partial charge < -0.3 is 28.6 Å². The minimum atomic E-state index is -0.878. The Balaban J connectivity index is 1.82. The van der Waals surface area contributed by atoms with Crippen molar-refractivity contribution in [3.63, 3.8) is 0 Å². The fourth-order valence-electron chi connectivity index (χ4n) is 4.00. The molecule has 0 radical (unpaired) electrons. The smallest absolute Gasteiger partial charge is 0.296 e. The zero-order valence-electron chi connectivity index (χ0n) is 19.4. The van der Waals surface area contributed by atoms with Gasteiger partial charge in [0.25, 0.3) is 11.7 Å². The highest BCUT2D eigenvalue weighted by molar-refractivity contribution is 6.46. The number of ether oxygens (including phenoxy) is 3. The molecule has 1 aliphatic heterocycles. The predicted molar refractivity (Wildman–Crippen MR) is 128 cm³/mol. The van der Waals surface area contributed by atoms with E-state index in [0.29, 0.717) is 40.7 Å². The maximum Gasteiger partial charge on any atom is 0.296 e. The van der Waals surface area contributed by atoms with E-state index >= 15 is 0 Å². The molecule has 8 nitrogen and oxygen atoms in total. The lowest BCUT2D eigenvalue weighted by atomic mass is 9.95. The van der Waals surface area contributed by atoms with E-state index in [1.54, 1.807) is 60.7 Å². The number of nitrogens with zero attached hydrogens (tertiary/aromatic N) is 1. The van der Waals surface area contributed by atoms with Crippen LogP contribution in [-0.2, 0) is 16.1 Å². The number of amides is 1. The number of Topliss-reactive ketones (excluding diaryl/α,β-unsaturated/α-hetero) is 1. The van der Waals surface area contributed by atoms with E-state index in [-0.39, 0.29) is 17.9 Å². The van der Waals surface area contributed by atoms with Gasteiger partial charge in [0.1, 0.15) is 23.9 Å². The average Bonchev–Trinajstić information content (AvgIpc) is 3.49. The molecule has 1 unspecified atom stereocenters. The van der Waals surface area contributed by atoms with Crippen molar-refractivity contribution in [2.45, 2.75) is 12.6 Å². The van der Waals surface area contributed by atoms with Crippen molar-refractivity contribution in [3.8, 4) is 17.2 Å². The van der Waals surface area contributed by atoms with Crippen LogP contribution in [0, 0.1) is 0 Å². The van der Waals surface area contributed by atoms with E-state index in [1.165, 1.54) is 25.4 Å². The second-order valence-corrected chi connectivity index (χ2v) is 7.74. The first-order valence-corrected chi connectivity index (χ1v) is 10.8. The third-order valence-electron chi connectivity index (χ3n) is 5.67. The third-order valence-corrected chi connectivity index (χ3v) is 5.67. The van der Waals surface area contributed by atoms with Crippen LogP contribution in [-0.4, -0.2) is 42.5 Å². The van der Waals surface area contributed by atoms with Crippen molar-refractivity contribution in [1.29, 1.82) is 0 Å². The Kier molecular flexibility index (Phi) is 6.91. The van der Waals surface area contributed by atoms with Crippen molar-refractivity contribution in [2.75, 3.05) is 20.8 Å². The summed E-state index contributed by atoms with van der Waals surface area (Å²) in [5.74, 6) is 0.179. The monoisotopic (exact) mass is 475 g/mol. The topological polar surface area (TPSA) is 98.4 Å². The van der Waals surface area contributed by atoms with Crippen LogP contribution < -0.4 is 14.2 Å². The Morgan fingerprint density at radius 1 is 1.09 bits per heavy atom. The lowest BCUT2D eigenvalue weighted by Crippen LogP contribution is -2.29. The molecule has 4 rings (SSSR count). The first-order valence-electron chi connectivity index (χ1n) is 10.8. The van der Waals surface area contributed by atoms with Gasteiger partial charge in [-0.3, -0.25) is 9.59 Å². The normalized spacial score (nSPS) is 16.9. The van der Waals surface area contributed by atoms with Gasteiger partial charge in [-0.15, -0.1) is 0 Å². The molecular formula is C27H25NO7. The molecule has 0 spiro atoms. The zero-order valence-corrected chi connectivity index (χ0v) is 19.4. The molecule has 1 fully saturated rings. The number of hydrogen-bond acceptors (Lipinski definition) is 7. The van der Waals surface area contributed by atoms with Crippen LogP contribution in [0.2, 0.25) is 0 Å². The number of carbonyl (C=O) groups excluding carboxylic acids is 2. The summed E-state index contributed by atoms with van der Waals surface area (Å²) in [6.45, 7) is 3.99. The molecule has 1 atom stereocenters. The standard InChI is InChI=1S/C27H25NO7/c1-4-13-34-19-10-7-17(8-11-19)25(29)23-24(18-9-12-21(32-2)22(15-18)33-3)28(27(31)26(23)30)16-20-6-5-14-35-20/h4-12,14-15,24,29H,1,13,16H2,2-3H3. The molecule has 1 aliphatic rings. The van der Waals surface area contributed by atoms with Crippen LogP contribution in [0.4, 0.5) is 0 Å². The maximum absolute atomic E-state index is 13.2. The van der Waals surface area contributed by atoms with Gasteiger partial charge >= 0.3 is 0 Å². The Hall–Kier alpha value is -4.46. The zero-order chi connectivity index (χ0) is 24.9. The van der Waals surface area contributed by atoms with E-state index in [2.05, 4.69) is 6.58 Å². The van der Waals surface area contributed by atoms with Crippen LogP contribution in [0.3, 0.4) is 0 Å². The Morgan fingerprint density at radius 2 is 1.83 bits per heavy atom.